The van der Waals surface area contributed by atoms with Gasteiger partial charge in [0.2, 0.25) is 15.9 Å². The van der Waals surface area contributed by atoms with Crippen LogP contribution in [0.25, 0.3) is 15.9 Å². The Labute approximate surface area is 275 Å². The molecule has 3 aromatic carbocycles. The third kappa shape index (κ3) is 7.26. The van der Waals surface area contributed by atoms with Gasteiger partial charge in [0.05, 0.1) is 40.6 Å². The number of halogens is 1. The number of thiazole rings is 1. The number of thioether (sulfide) groups is 1. The van der Waals surface area contributed by atoms with Crippen molar-refractivity contribution in [3.8, 4) is 5.69 Å². The molecule has 2 amide bonds. The molecule has 5 aromatic rings. The van der Waals surface area contributed by atoms with Gasteiger partial charge in [-0.05, 0) is 60.7 Å². The average Bonchev–Trinajstić information content (AvgIpc) is 3.66. The number of benzene rings is 3. The van der Waals surface area contributed by atoms with E-state index in [9.17, 15) is 18.0 Å². The Morgan fingerprint density at radius 2 is 1.71 bits per heavy atom. The molecule has 0 bridgehead atoms. The zero-order valence-corrected chi connectivity index (χ0v) is 27.6. The van der Waals surface area contributed by atoms with Gasteiger partial charge in [-0.25, -0.2) is 13.4 Å². The van der Waals surface area contributed by atoms with E-state index in [1.54, 1.807) is 4.57 Å². The largest absolute Gasteiger partial charge is 0.379 e. The van der Waals surface area contributed by atoms with Crippen molar-refractivity contribution >= 4 is 76.2 Å². The molecule has 1 fully saturated rings. The first-order valence-corrected chi connectivity index (χ1v) is 17.8. The SMILES string of the molecule is O=C(CSc1nnc(CNC(=O)c2ccc(S(=O)(=O)N3CCOCC3)cc2)n1-c1ccc(Br)cc1)Nc1nc2ccccc2s1. The zero-order chi connectivity index (χ0) is 31.4. The number of carbonyl (C=O) groups is 2. The fourth-order valence-corrected chi connectivity index (χ4v) is 7.87. The third-order valence-electron chi connectivity index (χ3n) is 6.79. The van der Waals surface area contributed by atoms with E-state index in [0.717, 1.165) is 20.4 Å². The Balaban J connectivity index is 1.13. The highest BCUT2D eigenvalue weighted by Gasteiger charge is 2.26. The maximum atomic E-state index is 13.0. The molecule has 0 radical (unpaired) electrons. The van der Waals surface area contributed by atoms with Crippen LogP contribution in [0, 0.1) is 0 Å². The van der Waals surface area contributed by atoms with Crippen LogP contribution in [0.2, 0.25) is 0 Å². The lowest BCUT2D eigenvalue weighted by Gasteiger charge is -2.26. The predicted molar refractivity (Wildman–Crippen MR) is 175 cm³/mol. The lowest BCUT2D eigenvalue weighted by Crippen LogP contribution is -2.40. The second-order valence-corrected chi connectivity index (χ2v) is 14.6. The first kappa shape index (κ1) is 31.3. The van der Waals surface area contributed by atoms with E-state index in [-0.39, 0.29) is 36.2 Å². The van der Waals surface area contributed by atoms with E-state index in [1.807, 2.05) is 48.5 Å². The second kappa shape index (κ2) is 13.8. The number of amides is 2. The molecular formula is C29H26BrN7O5S3. The number of anilines is 1. The monoisotopic (exact) mass is 727 g/mol. The number of fused-ring (bicyclic) bond motifs is 1. The Bertz CT molecular complexity index is 1910. The average molecular weight is 729 g/mol. The van der Waals surface area contributed by atoms with Crippen LogP contribution in [-0.2, 0) is 26.1 Å². The number of para-hydroxylation sites is 1. The summed E-state index contributed by atoms with van der Waals surface area (Å²) in [4.78, 5) is 30.4. The molecule has 3 heterocycles. The van der Waals surface area contributed by atoms with Gasteiger partial charge in [0.1, 0.15) is 0 Å². The number of nitrogens with zero attached hydrogens (tertiary/aromatic N) is 5. The summed E-state index contributed by atoms with van der Waals surface area (Å²) < 4.78 is 36.1. The molecular weight excluding hydrogens is 702 g/mol. The summed E-state index contributed by atoms with van der Waals surface area (Å²) in [5, 5.41) is 15.3. The van der Waals surface area contributed by atoms with E-state index in [4.69, 9.17) is 4.74 Å². The Kier molecular flexibility index (Phi) is 9.58. The topological polar surface area (TPSA) is 148 Å². The van der Waals surface area contributed by atoms with Crippen molar-refractivity contribution in [3.05, 3.63) is 88.7 Å². The number of sulfonamides is 1. The molecule has 232 valence electrons. The second-order valence-electron chi connectivity index (χ2n) is 9.76. The molecule has 0 atom stereocenters. The molecule has 0 aliphatic carbocycles. The molecule has 2 N–H and O–H groups in total. The van der Waals surface area contributed by atoms with E-state index in [2.05, 4.69) is 41.7 Å². The molecule has 12 nitrogen and oxygen atoms in total. The first-order valence-electron chi connectivity index (χ1n) is 13.7. The maximum Gasteiger partial charge on any atom is 0.251 e. The molecule has 45 heavy (non-hydrogen) atoms. The number of hydrogen-bond donors (Lipinski definition) is 2. The highest BCUT2D eigenvalue weighted by Crippen LogP contribution is 2.27. The minimum Gasteiger partial charge on any atom is -0.379 e. The number of aromatic nitrogens is 4. The standard InChI is InChI=1S/C29H26BrN7O5S3/c30-20-7-9-21(10-8-20)37-25(34-35-29(37)43-18-26(38)33-28-32-23-3-1-2-4-24(23)44-28)17-31-27(39)19-5-11-22(12-6-19)45(40,41)36-13-15-42-16-14-36/h1-12H,13-18H2,(H,31,39)(H,32,33,38). The van der Waals surface area contributed by atoms with Gasteiger partial charge in [0.15, 0.2) is 16.1 Å². The number of carbonyl (C=O) groups excluding carboxylic acids is 2. The van der Waals surface area contributed by atoms with Gasteiger partial charge in [-0.1, -0.05) is 51.2 Å². The van der Waals surface area contributed by atoms with E-state index >= 15 is 0 Å². The van der Waals surface area contributed by atoms with Crippen molar-refractivity contribution in [3.63, 3.8) is 0 Å². The van der Waals surface area contributed by atoms with Crippen molar-refractivity contribution in [2.75, 3.05) is 37.4 Å². The fraction of sp³-hybridized carbons (Fsp3) is 0.207. The zero-order valence-electron chi connectivity index (χ0n) is 23.6. The number of morpholine rings is 1. The van der Waals surface area contributed by atoms with Crippen LogP contribution in [0.3, 0.4) is 0 Å². The lowest BCUT2D eigenvalue weighted by molar-refractivity contribution is -0.113. The summed E-state index contributed by atoms with van der Waals surface area (Å²) in [6.07, 6.45) is 0. The Hall–Kier alpha value is -3.67. The molecule has 16 heteroatoms. The fourth-order valence-electron chi connectivity index (χ4n) is 4.54. The molecule has 6 rings (SSSR count). The summed E-state index contributed by atoms with van der Waals surface area (Å²) in [6.45, 7) is 1.31. The number of rotatable bonds is 10. The number of nitrogens with one attached hydrogen (secondary N) is 2. The highest BCUT2D eigenvalue weighted by molar-refractivity contribution is 9.10. The van der Waals surface area contributed by atoms with Crippen LogP contribution in [-0.4, -0.2) is 76.3 Å². The van der Waals surface area contributed by atoms with Gasteiger partial charge in [-0.3, -0.25) is 14.2 Å². The van der Waals surface area contributed by atoms with Crippen LogP contribution >= 0.6 is 39.0 Å². The summed E-state index contributed by atoms with van der Waals surface area (Å²) in [5.74, 6) is -0.124. The van der Waals surface area contributed by atoms with Crippen LogP contribution in [0.4, 0.5) is 5.13 Å². The van der Waals surface area contributed by atoms with Crippen molar-refractivity contribution < 1.29 is 22.7 Å². The van der Waals surface area contributed by atoms with Crippen molar-refractivity contribution in [1.29, 1.82) is 0 Å². The molecule has 1 saturated heterocycles. The molecule has 0 unspecified atom stereocenters. The van der Waals surface area contributed by atoms with Crippen LogP contribution in [0.5, 0.6) is 0 Å². The summed E-state index contributed by atoms with van der Waals surface area (Å²) >= 11 is 6.06. The smallest absolute Gasteiger partial charge is 0.251 e. The van der Waals surface area contributed by atoms with E-state index in [0.29, 0.717) is 34.9 Å². The first-order chi connectivity index (χ1) is 21.8. The molecule has 1 aliphatic heterocycles. The van der Waals surface area contributed by atoms with Crippen molar-refractivity contribution in [1.82, 2.24) is 29.4 Å². The van der Waals surface area contributed by atoms with Gasteiger partial charge in [-0.2, -0.15) is 4.31 Å². The van der Waals surface area contributed by atoms with E-state index < -0.39 is 15.9 Å². The Morgan fingerprint density at radius 3 is 2.44 bits per heavy atom. The minimum atomic E-state index is -3.67. The van der Waals surface area contributed by atoms with Crippen molar-refractivity contribution in [2.45, 2.75) is 16.6 Å². The highest BCUT2D eigenvalue weighted by atomic mass is 79.9. The van der Waals surface area contributed by atoms with Gasteiger partial charge >= 0.3 is 0 Å². The van der Waals surface area contributed by atoms with Gasteiger partial charge in [-0.15, -0.1) is 10.2 Å². The predicted octanol–water partition coefficient (Wildman–Crippen LogP) is 4.32. The van der Waals surface area contributed by atoms with Gasteiger partial charge < -0.3 is 15.4 Å². The Morgan fingerprint density at radius 1 is 0.978 bits per heavy atom. The van der Waals surface area contributed by atoms with E-state index in [1.165, 1.54) is 51.7 Å². The van der Waals surface area contributed by atoms with Crippen molar-refractivity contribution in [2.24, 2.45) is 0 Å². The number of ether oxygens (including phenoxy) is 1. The normalized spacial score (nSPS) is 14.0. The number of hydrogen-bond acceptors (Lipinski definition) is 10. The molecule has 0 spiro atoms. The molecule has 2 aromatic heterocycles. The van der Waals surface area contributed by atoms with Gasteiger partial charge in [0.25, 0.3) is 5.91 Å². The summed E-state index contributed by atoms with van der Waals surface area (Å²) in [7, 11) is -3.67. The third-order valence-corrected chi connectivity index (χ3v) is 11.1. The summed E-state index contributed by atoms with van der Waals surface area (Å²) in [5.41, 5.74) is 1.87. The maximum absolute atomic E-state index is 13.0. The van der Waals surface area contributed by atoms with Gasteiger partial charge in [0, 0.05) is 28.8 Å². The minimum absolute atomic E-state index is 0.0359. The quantitative estimate of drug-likeness (QED) is 0.201. The molecule has 1 aliphatic rings. The van der Waals surface area contributed by atoms with Crippen LogP contribution < -0.4 is 10.6 Å². The van der Waals surface area contributed by atoms with Crippen LogP contribution in [0.15, 0.2) is 87.3 Å². The summed E-state index contributed by atoms with van der Waals surface area (Å²) in [6, 6.07) is 21.0. The van der Waals surface area contributed by atoms with Crippen LogP contribution in [0.1, 0.15) is 16.2 Å². The lowest BCUT2D eigenvalue weighted by atomic mass is 10.2. The molecule has 0 saturated carbocycles.